The predicted octanol–water partition coefficient (Wildman–Crippen LogP) is 2.15. The molecule has 1 aromatic rings. The molecule has 0 aromatic heterocycles. The van der Waals surface area contributed by atoms with Crippen LogP contribution in [-0.2, 0) is 9.59 Å². The lowest BCUT2D eigenvalue weighted by Crippen LogP contribution is -2.33. The van der Waals surface area contributed by atoms with Crippen LogP contribution in [0.15, 0.2) is 29.2 Å². The topological polar surface area (TPSA) is 60.4 Å². The second-order valence-electron chi connectivity index (χ2n) is 5.28. The molecule has 0 unspecified atom stereocenters. The summed E-state index contributed by atoms with van der Waals surface area (Å²) in [5, 5.41) is 10.5. The number of carbonyl (C=O) groups excluding carboxylic acids is 2. The maximum Gasteiger partial charge on any atom is 0.266 e. The van der Waals surface area contributed by atoms with E-state index in [4.69, 9.17) is 12.2 Å². The lowest BCUT2D eigenvalue weighted by Gasteiger charge is -2.14. The van der Waals surface area contributed by atoms with Gasteiger partial charge in [-0.25, -0.2) is 0 Å². The molecule has 1 heterocycles. The summed E-state index contributed by atoms with van der Waals surface area (Å²) in [6.07, 6.45) is 1.56. The van der Waals surface area contributed by atoms with Gasteiger partial charge in [0.15, 0.2) is 0 Å². The van der Waals surface area contributed by atoms with Crippen LogP contribution in [0.3, 0.4) is 0 Å². The van der Waals surface area contributed by atoms with Crippen LogP contribution in [0.25, 0.3) is 6.08 Å². The second-order valence-corrected chi connectivity index (χ2v) is 6.95. The molecule has 1 saturated heterocycles. The fourth-order valence-corrected chi connectivity index (χ4v) is 3.33. The van der Waals surface area contributed by atoms with Crippen LogP contribution < -0.4 is 5.11 Å². The van der Waals surface area contributed by atoms with Crippen molar-refractivity contribution in [3.05, 3.63) is 40.3 Å². The van der Waals surface area contributed by atoms with Crippen molar-refractivity contribution in [3.8, 4) is 0 Å². The first-order valence-corrected chi connectivity index (χ1v) is 8.16. The third kappa shape index (κ3) is 3.96. The first-order valence-electron chi connectivity index (χ1n) is 6.93. The van der Waals surface area contributed by atoms with Crippen molar-refractivity contribution < 1.29 is 14.7 Å². The Morgan fingerprint density at radius 3 is 2.55 bits per heavy atom. The molecular weight excluding hydrogens is 318 g/mol. The van der Waals surface area contributed by atoms with E-state index in [9.17, 15) is 14.7 Å². The van der Waals surface area contributed by atoms with Crippen LogP contribution >= 0.6 is 24.0 Å². The molecule has 0 N–H and O–H groups in total. The second kappa shape index (κ2) is 7.07. The van der Waals surface area contributed by atoms with E-state index in [0.717, 1.165) is 5.56 Å². The smallest absolute Gasteiger partial charge is 0.266 e. The summed E-state index contributed by atoms with van der Waals surface area (Å²) >= 11 is 6.33. The van der Waals surface area contributed by atoms with E-state index in [1.165, 1.54) is 22.2 Å². The zero-order chi connectivity index (χ0) is 16.3. The van der Waals surface area contributed by atoms with Crippen molar-refractivity contribution in [3.63, 3.8) is 0 Å². The van der Waals surface area contributed by atoms with Crippen molar-refractivity contribution in [2.45, 2.75) is 26.2 Å². The molecule has 1 aromatic carbocycles. The van der Waals surface area contributed by atoms with E-state index in [1.54, 1.807) is 6.08 Å². The van der Waals surface area contributed by atoms with Crippen molar-refractivity contribution in [2.24, 2.45) is 0 Å². The number of rotatable bonds is 5. The molecule has 116 valence electrons. The van der Waals surface area contributed by atoms with Gasteiger partial charge < -0.3 is 9.90 Å². The monoisotopic (exact) mass is 334 g/mol. The molecule has 0 aliphatic carbocycles. The van der Waals surface area contributed by atoms with Gasteiger partial charge in [0.25, 0.3) is 5.91 Å². The number of aliphatic carboxylic acids is 1. The molecule has 1 amide bonds. The highest BCUT2D eigenvalue weighted by atomic mass is 32.2. The van der Waals surface area contributed by atoms with Gasteiger partial charge in [0.2, 0.25) is 0 Å². The Balaban J connectivity index is 2.13. The first-order chi connectivity index (χ1) is 10.4. The lowest BCUT2D eigenvalue weighted by molar-refractivity contribution is -0.305. The Hall–Kier alpha value is -1.66. The third-order valence-corrected chi connectivity index (χ3v) is 4.69. The van der Waals surface area contributed by atoms with Gasteiger partial charge in [-0.15, -0.1) is 0 Å². The van der Waals surface area contributed by atoms with Crippen LogP contribution in [0.1, 0.15) is 37.3 Å². The van der Waals surface area contributed by atoms with Gasteiger partial charge in [0.05, 0.1) is 4.91 Å². The Morgan fingerprint density at radius 1 is 1.36 bits per heavy atom. The standard InChI is InChI=1S/C16H17NO3S2/c1-10(2)12-5-3-11(4-6-12)9-13-15(20)17(16(21)22-13)8-7-14(18)19/h3-6,9-10H,7-8H2,1-2H3,(H,18,19)/p-1. The lowest BCUT2D eigenvalue weighted by atomic mass is 10.0. The molecule has 1 fully saturated rings. The SMILES string of the molecule is CC(C)c1ccc(C=C2SC(=S)N(CCC(=O)[O-])C2=O)cc1. The Labute approximate surface area is 139 Å². The van der Waals surface area contributed by atoms with Crippen LogP contribution in [0.5, 0.6) is 0 Å². The molecule has 22 heavy (non-hydrogen) atoms. The molecule has 0 spiro atoms. The number of carboxylic acid groups (broad SMARTS) is 1. The maximum absolute atomic E-state index is 12.2. The van der Waals surface area contributed by atoms with Gasteiger partial charge in [-0.3, -0.25) is 9.69 Å². The van der Waals surface area contributed by atoms with Crippen molar-refractivity contribution in [2.75, 3.05) is 6.54 Å². The number of thiocarbonyl (C=S) groups is 1. The molecule has 6 heteroatoms. The Morgan fingerprint density at radius 2 is 2.00 bits per heavy atom. The van der Waals surface area contributed by atoms with E-state index in [2.05, 4.69) is 13.8 Å². The van der Waals surface area contributed by atoms with Crippen molar-refractivity contribution >= 4 is 46.3 Å². The van der Waals surface area contributed by atoms with Gasteiger partial charge in [-0.2, -0.15) is 0 Å². The number of carbonyl (C=O) groups is 2. The average Bonchev–Trinajstić information content (AvgIpc) is 2.72. The van der Waals surface area contributed by atoms with Crippen LogP contribution in [-0.4, -0.2) is 27.6 Å². The number of thioether (sulfide) groups is 1. The summed E-state index contributed by atoms with van der Waals surface area (Å²) in [6, 6.07) is 7.99. The van der Waals surface area contributed by atoms with E-state index in [-0.39, 0.29) is 18.9 Å². The molecular formula is C16H16NO3S2-. The predicted molar refractivity (Wildman–Crippen MR) is 90.0 cm³/mol. The largest absolute Gasteiger partial charge is 0.550 e. The minimum absolute atomic E-state index is 0.0522. The summed E-state index contributed by atoms with van der Waals surface area (Å²) in [4.78, 5) is 24.6. The van der Waals surface area contributed by atoms with E-state index in [1.807, 2.05) is 24.3 Å². The summed E-state index contributed by atoms with van der Waals surface area (Å²) in [6.45, 7) is 4.30. The van der Waals surface area contributed by atoms with Crippen LogP contribution in [0, 0.1) is 0 Å². The van der Waals surface area contributed by atoms with Gasteiger partial charge in [0.1, 0.15) is 4.32 Å². The van der Waals surface area contributed by atoms with Gasteiger partial charge >= 0.3 is 0 Å². The number of hydrogen-bond donors (Lipinski definition) is 0. The van der Waals surface area contributed by atoms with E-state index in [0.29, 0.717) is 15.1 Å². The van der Waals surface area contributed by atoms with Gasteiger partial charge in [0, 0.05) is 18.9 Å². The number of benzene rings is 1. The fourth-order valence-electron chi connectivity index (χ4n) is 2.02. The van der Waals surface area contributed by atoms with Gasteiger partial charge in [-0.05, 0) is 23.1 Å². The maximum atomic E-state index is 12.2. The summed E-state index contributed by atoms with van der Waals surface area (Å²) in [7, 11) is 0. The molecule has 0 radical (unpaired) electrons. The number of nitrogens with zero attached hydrogens (tertiary/aromatic N) is 1. The molecule has 2 rings (SSSR count). The minimum Gasteiger partial charge on any atom is -0.550 e. The summed E-state index contributed by atoms with van der Waals surface area (Å²) in [5.41, 5.74) is 2.16. The number of hydrogen-bond acceptors (Lipinski definition) is 5. The van der Waals surface area contributed by atoms with Crippen LogP contribution in [0.4, 0.5) is 0 Å². The average molecular weight is 334 g/mol. The van der Waals surface area contributed by atoms with E-state index >= 15 is 0 Å². The zero-order valence-corrected chi connectivity index (χ0v) is 14.0. The number of carboxylic acids is 1. The fraction of sp³-hybridized carbons (Fsp3) is 0.312. The molecule has 1 aliphatic rings. The highest BCUT2D eigenvalue weighted by Gasteiger charge is 2.31. The third-order valence-electron chi connectivity index (χ3n) is 3.31. The molecule has 1 aliphatic heterocycles. The van der Waals surface area contributed by atoms with E-state index < -0.39 is 5.97 Å². The normalized spacial score (nSPS) is 16.9. The Bertz CT molecular complexity index is 635. The highest BCUT2D eigenvalue weighted by molar-refractivity contribution is 8.26. The van der Waals surface area contributed by atoms with Crippen molar-refractivity contribution in [1.82, 2.24) is 4.90 Å². The first kappa shape index (κ1) is 16.7. The van der Waals surface area contributed by atoms with Crippen molar-refractivity contribution in [1.29, 1.82) is 0 Å². The Kier molecular flexibility index (Phi) is 5.37. The summed E-state index contributed by atoms with van der Waals surface area (Å²) < 4.78 is 0.385. The zero-order valence-electron chi connectivity index (χ0n) is 12.4. The quantitative estimate of drug-likeness (QED) is 0.610. The summed E-state index contributed by atoms with van der Waals surface area (Å²) in [5.74, 6) is -0.983. The molecule has 0 bridgehead atoms. The molecule has 0 atom stereocenters. The van der Waals surface area contributed by atoms with Crippen LogP contribution in [0.2, 0.25) is 0 Å². The highest BCUT2D eigenvalue weighted by Crippen LogP contribution is 2.32. The van der Waals surface area contributed by atoms with Gasteiger partial charge in [-0.1, -0.05) is 62.1 Å². The minimum atomic E-state index is -1.19. The molecule has 0 saturated carbocycles. The number of amides is 1. The molecule has 4 nitrogen and oxygen atoms in total.